The molecule has 2 aliphatic heterocycles. The quantitative estimate of drug-likeness (QED) is 0.801. The van der Waals surface area contributed by atoms with Crippen LogP contribution in [-0.2, 0) is 29.1 Å². The Morgan fingerprint density at radius 1 is 1.28 bits per heavy atom. The van der Waals surface area contributed by atoms with Crippen LogP contribution in [-0.4, -0.2) is 27.0 Å². The summed E-state index contributed by atoms with van der Waals surface area (Å²) in [6.45, 7) is 1.65. The van der Waals surface area contributed by atoms with Gasteiger partial charge in [-0.3, -0.25) is 19.0 Å². The number of nitrogens with one attached hydrogen (secondary N) is 1. The molecule has 2 aromatic rings. The molecule has 0 saturated heterocycles. The first-order valence-electron chi connectivity index (χ1n) is 9.40. The summed E-state index contributed by atoms with van der Waals surface area (Å²) in [4.78, 5) is 52.3. The standard InChI is InChI=1S/C20H19N5O4/c1-12-9-17(26)22-14-5-2-3-6-16(14)25(12)18(27)11-24-19(28)13(10-21)15-7-4-8-23(15)20(24)29/h2-3,5-6,12H,4,7-9,11H2,1H3,(H,22,26)/t12-/m0/s1. The van der Waals surface area contributed by atoms with Crippen LogP contribution in [0.2, 0.25) is 0 Å². The fourth-order valence-corrected chi connectivity index (χ4v) is 4.07. The molecule has 2 aliphatic rings. The first-order chi connectivity index (χ1) is 13.9. The molecule has 0 aliphatic carbocycles. The van der Waals surface area contributed by atoms with Crippen LogP contribution in [0.5, 0.6) is 0 Å². The van der Waals surface area contributed by atoms with E-state index in [9.17, 15) is 24.4 Å². The van der Waals surface area contributed by atoms with Crippen molar-refractivity contribution in [2.24, 2.45) is 0 Å². The molecule has 0 radical (unpaired) electrons. The summed E-state index contributed by atoms with van der Waals surface area (Å²) in [7, 11) is 0. The molecule has 0 unspecified atom stereocenters. The number of nitrogens with zero attached hydrogens (tertiary/aromatic N) is 4. The van der Waals surface area contributed by atoms with Gasteiger partial charge in [-0.1, -0.05) is 12.1 Å². The molecule has 1 aromatic carbocycles. The maximum atomic E-state index is 13.2. The lowest BCUT2D eigenvalue weighted by atomic mass is 10.1. The van der Waals surface area contributed by atoms with E-state index in [1.165, 1.54) is 9.47 Å². The molecule has 9 heteroatoms. The van der Waals surface area contributed by atoms with Crippen LogP contribution in [0.1, 0.15) is 31.0 Å². The lowest BCUT2D eigenvalue weighted by molar-refractivity contribution is -0.120. The van der Waals surface area contributed by atoms with Crippen molar-refractivity contribution in [1.29, 1.82) is 5.26 Å². The van der Waals surface area contributed by atoms with E-state index in [4.69, 9.17) is 0 Å². The van der Waals surface area contributed by atoms with Gasteiger partial charge in [0, 0.05) is 24.7 Å². The summed E-state index contributed by atoms with van der Waals surface area (Å²) in [6, 6.07) is 8.30. The lowest BCUT2D eigenvalue weighted by Crippen LogP contribution is -2.48. The average Bonchev–Trinajstić information content (AvgIpc) is 3.12. The Morgan fingerprint density at radius 3 is 2.79 bits per heavy atom. The molecule has 0 saturated carbocycles. The van der Waals surface area contributed by atoms with E-state index in [2.05, 4.69) is 5.32 Å². The molecule has 1 aromatic heterocycles. The van der Waals surface area contributed by atoms with Crippen molar-refractivity contribution < 1.29 is 9.59 Å². The molecule has 1 atom stereocenters. The smallest absolute Gasteiger partial charge is 0.324 e. The number of amides is 2. The number of rotatable bonds is 2. The third-order valence-electron chi connectivity index (χ3n) is 5.36. The van der Waals surface area contributed by atoms with Crippen molar-refractivity contribution in [3.05, 3.63) is 56.4 Å². The molecule has 0 fully saturated rings. The number of anilines is 2. The molecular formula is C20H19N5O4. The van der Waals surface area contributed by atoms with Crippen LogP contribution < -0.4 is 21.5 Å². The molecule has 148 valence electrons. The maximum absolute atomic E-state index is 13.2. The third kappa shape index (κ3) is 3.02. The van der Waals surface area contributed by atoms with Gasteiger partial charge < -0.3 is 10.2 Å². The Bertz CT molecular complexity index is 1190. The van der Waals surface area contributed by atoms with Crippen LogP contribution in [0, 0.1) is 11.3 Å². The highest BCUT2D eigenvalue weighted by Gasteiger charge is 2.31. The van der Waals surface area contributed by atoms with E-state index in [-0.39, 0.29) is 17.9 Å². The maximum Gasteiger partial charge on any atom is 0.331 e. The fourth-order valence-electron chi connectivity index (χ4n) is 4.07. The Hall–Kier alpha value is -3.67. The number of carbonyl (C=O) groups is 2. The van der Waals surface area contributed by atoms with Gasteiger partial charge in [0.05, 0.1) is 11.4 Å². The number of aromatic nitrogens is 2. The monoisotopic (exact) mass is 393 g/mol. The van der Waals surface area contributed by atoms with Crippen LogP contribution in [0.25, 0.3) is 0 Å². The summed E-state index contributed by atoms with van der Waals surface area (Å²) >= 11 is 0. The number of benzene rings is 1. The van der Waals surface area contributed by atoms with Crippen molar-refractivity contribution in [2.75, 3.05) is 10.2 Å². The number of fused-ring (bicyclic) bond motifs is 2. The van der Waals surface area contributed by atoms with Gasteiger partial charge in [-0.05, 0) is 31.9 Å². The average molecular weight is 393 g/mol. The van der Waals surface area contributed by atoms with Gasteiger partial charge in [0.15, 0.2) is 0 Å². The van der Waals surface area contributed by atoms with Gasteiger partial charge in [-0.25, -0.2) is 9.36 Å². The summed E-state index contributed by atoms with van der Waals surface area (Å²) in [6.07, 6.45) is 1.25. The minimum atomic E-state index is -0.746. The SMILES string of the molecule is C[C@H]1CC(=O)Nc2ccccc2N1C(=O)Cn1c(=O)c(C#N)c2n(c1=O)CCC2. The molecule has 0 bridgehead atoms. The second-order valence-electron chi connectivity index (χ2n) is 7.24. The van der Waals surface area contributed by atoms with Crippen molar-refractivity contribution in [1.82, 2.24) is 9.13 Å². The molecule has 1 N–H and O–H groups in total. The highest BCUT2D eigenvalue weighted by molar-refractivity contribution is 6.04. The van der Waals surface area contributed by atoms with Gasteiger partial charge in [-0.15, -0.1) is 0 Å². The molecule has 0 spiro atoms. The van der Waals surface area contributed by atoms with Crippen molar-refractivity contribution >= 4 is 23.2 Å². The van der Waals surface area contributed by atoms with E-state index in [0.717, 1.165) is 4.57 Å². The number of para-hydroxylation sites is 2. The van der Waals surface area contributed by atoms with E-state index in [0.29, 0.717) is 36.5 Å². The van der Waals surface area contributed by atoms with Crippen LogP contribution in [0.15, 0.2) is 33.9 Å². The lowest BCUT2D eigenvalue weighted by Gasteiger charge is -2.28. The molecular weight excluding hydrogens is 374 g/mol. The van der Waals surface area contributed by atoms with E-state index >= 15 is 0 Å². The first kappa shape index (κ1) is 18.7. The van der Waals surface area contributed by atoms with E-state index in [1.807, 2.05) is 6.07 Å². The number of nitriles is 1. The number of hydrogen-bond acceptors (Lipinski definition) is 5. The largest absolute Gasteiger partial charge is 0.331 e. The minimum absolute atomic E-state index is 0.0853. The molecule has 4 rings (SSSR count). The molecule has 2 amide bonds. The summed E-state index contributed by atoms with van der Waals surface area (Å²) in [5.41, 5.74) is 0.0194. The summed E-state index contributed by atoms with van der Waals surface area (Å²) < 4.78 is 2.23. The predicted molar refractivity (Wildman–Crippen MR) is 105 cm³/mol. The van der Waals surface area contributed by atoms with Gasteiger partial charge in [0.1, 0.15) is 18.2 Å². The third-order valence-corrected chi connectivity index (χ3v) is 5.36. The predicted octanol–water partition coefficient (Wildman–Crippen LogP) is 0.592. The van der Waals surface area contributed by atoms with E-state index < -0.39 is 29.7 Å². The zero-order valence-electron chi connectivity index (χ0n) is 15.8. The highest BCUT2D eigenvalue weighted by Crippen LogP contribution is 2.31. The van der Waals surface area contributed by atoms with Gasteiger partial charge in [-0.2, -0.15) is 5.26 Å². The van der Waals surface area contributed by atoms with Crippen LogP contribution in [0.3, 0.4) is 0 Å². The minimum Gasteiger partial charge on any atom is -0.324 e. The first-order valence-corrected chi connectivity index (χ1v) is 9.40. The van der Waals surface area contributed by atoms with Gasteiger partial charge >= 0.3 is 5.69 Å². The van der Waals surface area contributed by atoms with E-state index in [1.54, 1.807) is 31.2 Å². The summed E-state index contributed by atoms with van der Waals surface area (Å²) in [5, 5.41) is 12.2. The topological polar surface area (TPSA) is 117 Å². The fraction of sp³-hybridized carbons (Fsp3) is 0.350. The molecule has 29 heavy (non-hydrogen) atoms. The highest BCUT2D eigenvalue weighted by atomic mass is 16.2. The Kier molecular flexibility index (Phi) is 4.54. The van der Waals surface area contributed by atoms with Crippen LogP contribution >= 0.6 is 0 Å². The van der Waals surface area contributed by atoms with Gasteiger partial charge in [0.25, 0.3) is 5.56 Å². The van der Waals surface area contributed by atoms with Crippen molar-refractivity contribution in [3.8, 4) is 6.07 Å². The van der Waals surface area contributed by atoms with Crippen molar-refractivity contribution in [3.63, 3.8) is 0 Å². The number of carbonyl (C=O) groups excluding carboxylic acids is 2. The Balaban J connectivity index is 1.78. The number of hydrogen-bond donors (Lipinski definition) is 1. The second kappa shape index (κ2) is 7.05. The zero-order chi connectivity index (χ0) is 20.7. The van der Waals surface area contributed by atoms with Gasteiger partial charge in [0.2, 0.25) is 11.8 Å². The van der Waals surface area contributed by atoms with Crippen molar-refractivity contribution in [2.45, 2.75) is 45.3 Å². The normalized spacial score (nSPS) is 17.7. The molecule has 3 heterocycles. The summed E-state index contributed by atoms with van der Waals surface area (Å²) in [5.74, 6) is -0.718. The Morgan fingerprint density at radius 2 is 2.03 bits per heavy atom. The molecule has 9 nitrogen and oxygen atoms in total. The Labute approximate surface area is 165 Å². The second-order valence-corrected chi connectivity index (χ2v) is 7.24. The zero-order valence-corrected chi connectivity index (χ0v) is 15.8. The van der Waals surface area contributed by atoms with Crippen LogP contribution in [0.4, 0.5) is 11.4 Å².